The van der Waals surface area contributed by atoms with Gasteiger partial charge in [0.25, 0.3) is 0 Å². The largest absolute Gasteiger partial charge is 0.304 e. The predicted octanol–water partition coefficient (Wildman–Crippen LogP) is 7.55. The van der Waals surface area contributed by atoms with Crippen LogP contribution in [0.4, 0.5) is 0 Å². The van der Waals surface area contributed by atoms with E-state index in [4.69, 9.17) is 0 Å². The molecule has 0 aliphatic heterocycles. The van der Waals surface area contributed by atoms with Gasteiger partial charge < -0.3 is 4.90 Å². The molecule has 0 N–H and O–H groups in total. The third-order valence-corrected chi connectivity index (χ3v) is 3.02. The Morgan fingerprint density at radius 1 is 0.476 bits per heavy atom. The number of hydrogen-bond acceptors (Lipinski definition) is 1. The van der Waals surface area contributed by atoms with Gasteiger partial charge in [0.2, 0.25) is 0 Å². The lowest BCUT2D eigenvalue weighted by Gasteiger charge is -2.18. The van der Waals surface area contributed by atoms with Crippen molar-refractivity contribution in [3.05, 3.63) is 0 Å². The molecule has 0 radical (unpaired) electrons. The standard InChI is InChI=1S/C11H25N.C5H12.2C2H6/c1-4-7-8-9-11-12(6-3)10-5-2;1-3-5-4-2;2*1-2/h4-11H2,1-3H3;3-5H2,1-2H3;2*1-2H3. The molecule has 0 aromatic heterocycles. The first-order chi connectivity index (χ1) is 10.3. The summed E-state index contributed by atoms with van der Waals surface area (Å²) in [7, 11) is 0. The maximum atomic E-state index is 2.55. The second-order valence-electron chi connectivity index (χ2n) is 4.85. The molecule has 0 aliphatic carbocycles. The predicted molar refractivity (Wildman–Crippen MR) is 104 cm³/mol. The second kappa shape index (κ2) is 36.8. The van der Waals surface area contributed by atoms with Gasteiger partial charge >= 0.3 is 0 Å². The molecule has 0 amide bonds. The molecule has 0 saturated carbocycles. The summed E-state index contributed by atoms with van der Waals surface area (Å²) in [4.78, 5) is 2.55. The van der Waals surface area contributed by atoms with E-state index in [0.717, 1.165) is 0 Å². The Bertz CT molecular complexity index is 110. The lowest BCUT2D eigenvalue weighted by Crippen LogP contribution is -2.25. The molecule has 0 aromatic rings. The highest BCUT2D eigenvalue weighted by Gasteiger charge is 1.98. The molecule has 21 heavy (non-hydrogen) atoms. The quantitative estimate of drug-likeness (QED) is 0.377. The smallest absolute Gasteiger partial charge is 0.00189 e. The zero-order chi connectivity index (χ0) is 17.4. The molecule has 0 fully saturated rings. The van der Waals surface area contributed by atoms with E-state index in [0.29, 0.717) is 0 Å². The summed E-state index contributed by atoms with van der Waals surface area (Å²) in [6.07, 6.45) is 10.9. The summed E-state index contributed by atoms with van der Waals surface area (Å²) >= 11 is 0. The van der Waals surface area contributed by atoms with Crippen LogP contribution in [0.25, 0.3) is 0 Å². The van der Waals surface area contributed by atoms with Crippen LogP contribution in [0.2, 0.25) is 0 Å². The Morgan fingerprint density at radius 2 is 0.952 bits per heavy atom. The number of hydrogen-bond donors (Lipinski definition) is 0. The van der Waals surface area contributed by atoms with Crippen LogP contribution in [-0.4, -0.2) is 24.5 Å². The Balaban J connectivity index is -0.000000134. The van der Waals surface area contributed by atoms with E-state index >= 15 is 0 Å². The van der Waals surface area contributed by atoms with Crippen LogP contribution in [0.1, 0.15) is 114 Å². The summed E-state index contributed by atoms with van der Waals surface area (Å²) < 4.78 is 0. The van der Waals surface area contributed by atoms with Gasteiger partial charge in [0.15, 0.2) is 0 Å². The van der Waals surface area contributed by atoms with Crippen LogP contribution < -0.4 is 0 Å². The van der Waals surface area contributed by atoms with E-state index in [-0.39, 0.29) is 0 Å². The van der Waals surface area contributed by atoms with Crippen LogP contribution in [0.3, 0.4) is 0 Å². The zero-order valence-electron chi connectivity index (χ0n) is 17.2. The number of rotatable bonds is 10. The van der Waals surface area contributed by atoms with Crippen molar-refractivity contribution in [2.45, 2.75) is 114 Å². The van der Waals surface area contributed by atoms with Gasteiger partial charge in [0.1, 0.15) is 0 Å². The van der Waals surface area contributed by atoms with E-state index in [1.165, 1.54) is 71.0 Å². The van der Waals surface area contributed by atoms with Crippen LogP contribution >= 0.6 is 0 Å². The maximum absolute atomic E-state index is 2.55. The molecule has 0 unspecified atom stereocenters. The van der Waals surface area contributed by atoms with Gasteiger partial charge in [0, 0.05) is 0 Å². The lowest BCUT2D eigenvalue weighted by molar-refractivity contribution is 0.281. The number of unbranched alkanes of at least 4 members (excludes halogenated alkanes) is 5. The van der Waals surface area contributed by atoms with Gasteiger partial charge in [-0.15, -0.1) is 0 Å². The highest BCUT2D eigenvalue weighted by atomic mass is 15.1. The lowest BCUT2D eigenvalue weighted by atomic mass is 10.2. The molecule has 0 atom stereocenters. The van der Waals surface area contributed by atoms with Gasteiger partial charge in [-0.3, -0.25) is 0 Å². The Morgan fingerprint density at radius 3 is 1.24 bits per heavy atom. The first-order valence-electron chi connectivity index (χ1n) is 9.98. The molecule has 0 heterocycles. The first-order valence-corrected chi connectivity index (χ1v) is 9.98. The first kappa shape index (κ1) is 29.0. The summed E-state index contributed by atoms with van der Waals surface area (Å²) in [5.41, 5.74) is 0. The van der Waals surface area contributed by atoms with Crippen molar-refractivity contribution in [2.24, 2.45) is 0 Å². The normalized spacial score (nSPS) is 8.86. The van der Waals surface area contributed by atoms with Crippen molar-refractivity contribution in [2.75, 3.05) is 19.6 Å². The van der Waals surface area contributed by atoms with E-state index < -0.39 is 0 Å². The average molecular weight is 304 g/mol. The van der Waals surface area contributed by atoms with Gasteiger partial charge in [-0.25, -0.2) is 0 Å². The SMILES string of the molecule is CC.CC.CCCCC.CCCCCCN(CC)CCC. The molecule has 0 spiro atoms. The average Bonchev–Trinajstić information content (AvgIpc) is 2.55. The molecule has 0 bridgehead atoms. The van der Waals surface area contributed by atoms with Crippen LogP contribution in [0, 0.1) is 0 Å². The fraction of sp³-hybridized carbons (Fsp3) is 1.00. The fourth-order valence-corrected chi connectivity index (χ4v) is 1.86. The molecule has 0 aliphatic rings. The minimum atomic E-state index is 1.22. The molecule has 1 nitrogen and oxygen atoms in total. The van der Waals surface area contributed by atoms with Crippen molar-refractivity contribution >= 4 is 0 Å². The maximum Gasteiger partial charge on any atom is -0.00189 e. The van der Waals surface area contributed by atoms with Gasteiger partial charge in [-0.1, -0.05) is 101 Å². The van der Waals surface area contributed by atoms with E-state index in [1.807, 2.05) is 27.7 Å². The molecule has 0 saturated heterocycles. The number of nitrogens with zero attached hydrogens (tertiary/aromatic N) is 1. The Labute approximate surface area is 138 Å². The molecular formula is C20H49N. The van der Waals surface area contributed by atoms with Gasteiger partial charge in [-0.2, -0.15) is 0 Å². The van der Waals surface area contributed by atoms with Gasteiger partial charge in [0.05, 0.1) is 0 Å². The van der Waals surface area contributed by atoms with E-state index in [9.17, 15) is 0 Å². The Hall–Kier alpha value is -0.0400. The second-order valence-corrected chi connectivity index (χ2v) is 4.85. The molecular weight excluding hydrogens is 254 g/mol. The Kier molecular flexibility index (Phi) is 50.9. The van der Waals surface area contributed by atoms with Crippen LogP contribution in [0.5, 0.6) is 0 Å². The van der Waals surface area contributed by atoms with Crippen molar-refractivity contribution in [1.29, 1.82) is 0 Å². The third kappa shape index (κ3) is 38.3. The van der Waals surface area contributed by atoms with Crippen LogP contribution in [0.15, 0.2) is 0 Å². The zero-order valence-corrected chi connectivity index (χ0v) is 17.2. The van der Waals surface area contributed by atoms with E-state index in [1.54, 1.807) is 0 Å². The van der Waals surface area contributed by atoms with E-state index in [2.05, 4.69) is 39.5 Å². The van der Waals surface area contributed by atoms with Crippen LogP contribution in [-0.2, 0) is 0 Å². The molecule has 0 rings (SSSR count). The van der Waals surface area contributed by atoms with Crippen molar-refractivity contribution in [3.63, 3.8) is 0 Å². The summed E-state index contributed by atoms with van der Waals surface area (Å²) in [5.74, 6) is 0. The molecule has 1 heteroatoms. The molecule has 0 aromatic carbocycles. The minimum Gasteiger partial charge on any atom is -0.304 e. The third-order valence-electron chi connectivity index (χ3n) is 3.02. The summed E-state index contributed by atoms with van der Waals surface area (Å²) in [5, 5.41) is 0. The monoisotopic (exact) mass is 303 g/mol. The van der Waals surface area contributed by atoms with Crippen molar-refractivity contribution in [3.8, 4) is 0 Å². The topological polar surface area (TPSA) is 3.24 Å². The highest BCUT2D eigenvalue weighted by molar-refractivity contribution is 4.54. The van der Waals surface area contributed by atoms with Crippen molar-refractivity contribution in [1.82, 2.24) is 4.90 Å². The highest BCUT2D eigenvalue weighted by Crippen LogP contribution is 2.01. The summed E-state index contributed by atoms with van der Waals surface area (Å²) in [6, 6.07) is 0. The minimum absolute atomic E-state index is 1.22. The molecule has 134 valence electrons. The van der Waals surface area contributed by atoms with Crippen molar-refractivity contribution < 1.29 is 0 Å². The fourth-order valence-electron chi connectivity index (χ4n) is 1.86. The van der Waals surface area contributed by atoms with Gasteiger partial charge in [-0.05, 0) is 32.5 Å². The summed E-state index contributed by atoms with van der Waals surface area (Å²) in [6.45, 7) is 23.0.